The summed E-state index contributed by atoms with van der Waals surface area (Å²) in [4.78, 5) is 15.3. The Kier molecular flexibility index (Phi) is 5.83. The van der Waals surface area contributed by atoms with Crippen molar-refractivity contribution >= 4 is 17.4 Å². The molecule has 6 heteroatoms. The number of benzene rings is 1. The monoisotopic (exact) mass is 406 g/mol. The molecule has 1 saturated heterocycles. The van der Waals surface area contributed by atoms with Gasteiger partial charge in [0.05, 0.1) is 24.8 Å². The highest BCUT2D eigenvalue weighted by atomic mass is 16.5. The first-order valence-electron chi connectivity index (χ1n) is 10.9. The minimum Gasteiger partial charge on any atom is -0.376 e. The fourth-order valence-corrected chi connectivity index (χ4v) is 4.68. The van der Waals surface area contributed by atoms with Crippen molar-refractivity contribution in [3.8, 4) is 6.07 Å². The van der Waals surface area contributed by atoms with Crippen LogP contribution in [0.2, 0.25) is 0 Å². The summed E-state index contributed by atoms with van der Waals surface area (Å²) in [5, 5.41) is 12.8. The molecule has 0 bridgehead atoms. The lowest BCUT2D eigenvalue weighted by Crippen LogP contribution is -2.42. The summed E-state index contributed by atoms with van der Waals surface area (Å²) >= 11 is 0. The number of amides is 1. The van der Waals surface area contributed by atoms with E-state index in [1.165, 1.54) is 5.56 Å². The van der Waals surface area contributed by atoms with Gasteiger partial charge in [-0.2, -0.15) is 5.26 Å². The van der Waals surface area contributed by atoms with Crippen LogP contribution in [0.5, 0.6) is 0 Å². The molecule has 1 amide bonds. The van der Waals surface area contributed by atoms with Gasteiger partial charge in [0.1, 0.15) is 11.9 Å². The van der Waals surface area contributed by atoms with Gasteiger partial charge in [0.25, 0.3) is 0 Å². The zero-order valence-electron chi connectivity index (χ0n) is 18.1. The van der Waals surface area contributed by atoms with Gasteiger partial charge in [0.15, 0.2) is 0 Å². The van der Waals surface area contributed by atoms with Crippen LogP contribution in [0, 0.1) is 25.2 Å². The summed E-state index contributed by atoms with van der Waals surface area (Å²) in [7, 11) is 0. The normalized spacial score (nSPS) is 20.7. The third kappa shape index (κ3) is 3.82. The van der Waals surface area contributed by atoms with Crippen LogP contribution in [0.3, 0.4) is 0 Å². The SMILES string of the molecule is Cc1c(C#N)c(NC(=O)CN2c3ccccc3CC[C@@H]2C)n(C[C@H]2CCCO2)c1C. The molecular weight excluding hydrogens is 376 g/mol. The van der Waals surface area contributed by atoms with Gasteiger partial charge in [-0.25, -0.2) is 0 Å². The number of nitrogens with one attached hydrogen (secondary N) is 1. The number of carbonyl (C=O) groups excluding carboxylic acids is 1. The molecule has 2 aromatic rings. The van der Waals surface area contributed by atoms with Crippen molar-refractivity contribution in [1.82, 2.24) is 4.57 Å². The van der Waals surface area contributed by atoms with Gasteiger partial charge in [-0.1, -0.05) is 18.2 Å². The largest absolute Gasteiger partial charge is 0.376 e. The summed E-state index contributed by atoms with van der Waals surface area (Å²) in [6, 6.07) is 10.9. The van der Waals surface area contributed by atoms with Gasteiger partial charge >= 0.3 is 0 Å². The Hall–Kier alpha value is -2.78. The van der Waals surface area contributed by atoms with Crippen molar-refractivity contribution in [1.29, 1.82) is 5.26 Å². The minimum atomic E-state index is -0.0962. The van der Waals surface area contributed by atoms with Crippen molar-refractivity contribution in [3.63, 3.8) is 0 Å². The quantitative estimate of drug-likeness (QED) is 0.817. The molecule has 1 aromatic carbocycles. The molecule has 2 aliphatic heterocycles. The average Bonchev–Trinajstić information content (AvgIpc) is 3.33. The number of carbonyl (C=O) groups is 1. The van der Waals surface area contributed by atoms with Crippen molar-refractivity contribution < 1.29 is 9.53 Å². The fraction of sp³-hybridized carbons (Fsp3) is 0.500. The molecule has 2 aliphatic rings. The zero-order valence-corrected chi connectivity index (χ0v) is 18.1. The number of ether oxygens (including phenoxy) is 1. The van der Waals surface area contributed by atoms with E-state index < -0.39 is 0 Å². The molecule has 30 heavy (non-hydrogen) atoms. The second-order valence-electron chi connectivity index (χ2n) is 8.48. The number of aryl methyl sites for hydroxylation is 1. The lowest BCUT2D eigenvalue weighted by Gasteiger charge is -2.36. The van der Waals surface area contributed by atoms with Gasteiger partial charge < -0.3 is 19.5 Å². The highest BCUT2D eigenvalue weighted by Gasteiger charge is 2.27. The van der Waals surface area contributed by atoms with E-state index in [1.54, 1.807) is 0 Å². The highest BCUT2D eigenvalue weighted by Crippen LogP contribution is 2.31. The molecule has 1 aromatic heterocycles. The molecule has 0 unspecified atom stereocenters. The van der Waals surface area contributed by atoms with Crippen LogP contribution in [0.4, 0.5) is 11.5 Å². The second kappa shape index (κ2) is 8.53. The van der Waals surface area contributed by atoms with E-state index in [-0.39, 0.29) is 18.6 Å². The number of nitriles is 1. The highest BCUT2D eigenvalue weighted by molar-refractivity contribution is 5.95. The van der Waals surface area contributed by atoms with Gasteiger partial charge in [-0.05, 0) is 63.6 Å². The van der Waals surface area contributed by atoms with Gasteiger partial charge in [0.2, 0.25) is 5.91 Å². The van der Waals surface area contributed by atoms with E-state index in [9.17, 15) is 10.1 Å². The Labute approximate surface area is 178 Å². The number of aromatic nitrogens is 1. The molecule has 0 radical (unpaired) electrons. The van der Waals surface area contributed by atoms with Gasteiger partial charge in [0, 0.05) is 24.0 Å². The first-order chi connectivity index (χ1) is 14.5. The van der Waals surface area contributed by atoms with Crippen LogP contribution >= 0.6 is 0 Å². The predicted octanol–water partition coefficient (Wildman–Crippen LogP) is 3.94. The summed E-state index contributed by atoms with van der Waals surface area (Å²) in [5.74, 6) is 0.507. The van der Waals surface area contributed by atoms with Crippen LogP contribution < -0.4 is 10.2 Å². The lowest BCUT2D eigenvalue weighted by atomic mass is 9.96. The second-order valence-corrected chi connectivity index (χ2v) is 8.48. The van der Waals surface area contributed by atoms with E-state index >= 15 is 0 Å². The van der Waals surface area contributed by atoms with Gasteiger partial charge in [-0.3, -0.25) is 4.79 Å². The number of nitrogens with zero attached hydrogens (tertiary/aromatic N) is 3. The number of fused-ring (bicyclic) bond motifs is 1. The maximum absolute atomic E-state index is 13.1. The Morgan fingerprint density at radius 2 is 2.10 bits per heavy atom. The van der Waals surface area contributed by atoms with Crippen molar-refractivity contribution in [2.24, 2.45) is 0 Å². The smallest absolute Gasteiger partial charge is 0.245 e. The summed E-state index contributed by atoms with van der Waals surface area (Å²) in [5.41, 5.74) is 4.89. The lowest BCUT2D eigenvalue weighted by molar-refractivity contribution is -0.115. The fourth-order valence-electron chi connectivity index (χ4n) is 4.68. The van der Waals surface area contributed by atoms with Gasteiger partial charge in [-0.15, -0.1) is 0 Å². The van der Waals surface area contributed by atoms with E-state index in [4.69, 9.17) is 4.74 Å². The average molecular weight is 407 g/mol. The molecule has 3 heterocycles. The van der Waals surface area contributed by atoms with Crippen LogP contribution in [0.25, 0.3) is 0 Å². The van der Waals surface area contributed by atoms with E-state index in [0.717, 1.165) is 49.2 Å². The Bertz CT molecular complexity index is 982. The maximum atomic E-state index is 13.1. The summed E-state index contributed by atoms with van der Waals surface area (Å²) < 4.78 is 7.86. The van der Waals surface area contributed by atoms with Crippen LogP contribution in [-0.4, -0.2) is 35.8 Å². The standard InChI is InChI=1S/C24H30N4O2/c1-16-10-11-19-7-4-5-9-22(19)27(16)15-23(29)26-24-21(13-25)17(2)18(3)28(24)14-20-8-6-12-30-20/h4-5,7,9,16,20H,6,8,10-12,14-15H2,1-3H3,(H,26,29)/t16-,20+/m0/s1. The Morgan fingerprint density at radius 1 is 1.30 bits per heavy atom. The maximum Gasteiger partial charge on any atom is 0.245 e. The number of hydrogen-bond acceptors (Lipinski definition) is 4. The minimum absolute atomic E-state index is 0.0962. The molecule has 6 nitrogen and oxygen atoms in total. The predicted molar refractivity (Wildman–Crippen MR) is 118 cm³/mol. The van der Waals surface area contributed by atoms with Crippen molar-refractivity contribution in [2.45, 2.75) is 65.1 Å². The first kappa shape index (κ1) is 20.5. The van der Waals surface area contributed by atoms with E-state index in [1.807, 2.05) is 19.9 Å². The van der Waals surface area contributed by atoms with Crippen LogP contribution in [-0.2, 0) is 22.5 Å². The molecule has 0 aliphatic carbocycles. The molecule has 2 atom stereocenters. The van der Waals surface area contributed by atoms with Crippen molar-refractivity contribution in [2.75, 3.05) is 23.4 Å². The molecule has 0 spiro atoms. The molecule has 4 rings (SSSR count). The Morgan fingerprint density at radius 3 is 2.83 bits per heavy atom. The molecule has 1 fully saturated rings. The molecule has 1 N–H and O–H groups in total. The van der Waals surface area contributed by atoms with Crippen LogP contribution in [0.1, 0.15) is 48.6 Å². The number of anilines is 2. The van der Waals surface area contributed by atoms with Crippen LogP contribution in [0.15, 0.2) is 24.3 Å². The van der Waals surface area contributed by atoms with E-state index in [0.29, 0.717) is 24.0 Å². The summed E-state index contributed by atoms with van der Waals surface area (Å²) in [6.07, 6.45) is 4.27. The third-order valence-corrected chi connectivity index (χ3v) is 6.59. The number of para-hydroxylation sites is 1. The molecule has 0 saturated carbocycles. The zero-order chi connectivity index (χ0) is 21.3. The first-order valence-corrected chi connectivity index (χ1v) is 10.9. The third-order valence-electron chi connectivity index (χ3n) is 6.59. The van der Waals surface area contributed by atoms with Crippen molar-refractivity contribution in [3.05, 3.63) is 46.6 Å². The van der Waals surface area contributed by atoms with E-state index in [2.05, 4.69) is 46.0 Å². The number of rotatable bonds is 5. The summed E-state index contributed by atoms with van der Waals surface area (Å²) in [6.45, 7) is 7.82. The molecular formula is C24H30N4O2. The molecule has 158 valence electrons. The number of hydrogen-bond donors (Lipinski definition) is 1. The Balaban J connectivity index is 1.57. The topological polar surface area (TPSA) is 70.3 Å².